The summed E-state index contributed by atoms with van der Waals surface area (Å²) in [7, 11) is 0. The van der Waals surface area contributed by atoms with Crippen LogP contribution in [0.2, 0.25) is 0 Å². The lowest BCUT2D eigenvalue weighted by Gasteiger charge is -2.20. The standard InChI is InChI=1S/C26H30N2O2/c1-20(19-30-25-15-13-24(14-16-25)28-21(2)29)27-18-17-26(22-9-5-3-6-10-22)23-11-7-4-8-12-23/h3-16,20,26-27H,17-19H2,1-2H3,(H,28,29)/t20-/m0/s1. The summed E-state index contributed by atoms with van der Waals surface area (Å²) in [6.45, 7) is 5.12. The Morgan fingerprint density at radius 1 is 0.867 bits per heavy atom. The zero-order valence-corrected chi connectivity index (χ0v) is 17.7. The first-order chi connectivity index (χ1) is 14.6. The van der Waals surface area contributed by atoms with Crippen molar-refractivity contribution in [2.24, 2.45) is 0 Å². The molecule has 0 saturated heterocycles. The van der Waals surface area contributed by atoms with Gasteiger partial charge in [0.15, 0.2) is 0 Å². The maximum absolute atomic E-state index is 11.1. The van der Waals surface area contributed by atoms with E-state index >= 15 is 0 Å². The molecular weight excluding hydrogens is 372 g/mol. The molecular formula is C26H30N2O2. The van der Waals surface area contributed by atoms with Crippen LogP contribution in [0.15, 0.2) is 84.9 Å². The summed E-state index contributed by atoms with van der Waals surface area (Å²) in [5.41, 5.74) is 3.45. The van der Waals surface area contributed by atoms with Gasteiger partial charge < -0.3 is 15.4 Å². The second kappa shape index (κ2) is 11.2. The van der Waals surface area contributed by atoms with Crippen LogP contribution in [0.25, 0.3) is 0 Å². The molecule has 0 aliphatic heterocycles. The van der Waals surface area contributed by atoms with E-state index in [1.54, 1.807) is 0 Å². The second-order valence-electron chi connectivity index (χ2n) is 7.53. The highest BCUT2D eigenvalue weighted by Gasteiger charge is 2.14. The highest BCUT2D eigenvalue weighted by Crippen LogP contribution is 2.27. The van der Waals surface area contributed by atoms with Crippen LogP contribution >= 0.6 is 0 Å². The molecule has 0 heterocycles. The Kier molecular flexibility index (Phi) is 8.04. The van der Waals surface area contributed by atoms with Crippen molar-refractivity contribution in [2.75, 3.05) is 18.5 Å². The van der Waals surface area contributed by atoms with Crippen LogP contribution in [0, 0.1) is 0 Å². The third kappa shape index (κ3) is 6.75. The lowest BCUT2D eigenvalue weighted by atomic mass is 9.88. The van der Waals surface area contributed by atoms with E-state index in [0.717, 1.165) is 24.4 Å². The van der Waals surface area contributed by atoms with Crippen molar-refractivity contribution in [3.63, 3.8) is 0 Å². The third-order valence-corrected chi connectivity index (χ3v) is 5.00. The number of carbonyl (C=O) groups is 1. The summed E-state index contributed by atoms with van der Waals surface area (Å²) in [4.78, 5) is 11.1. The maximum atomic E-state index is 11.1. The molecule has 1 atom stereocenters. The Bertz CT molecular complexity index is 856. The van der Waals surface area contributed by atoms with Crippen LogP contribution in [-0.4, -0.2) is 25.1 Å². The molecule has 4 nitrogen and oxygen atoms in total. The van der Waals surface area contributed by atoms with Crippen molar-refractivity contribution in [3.8, 4) is 5.75 Å². The molecule has 0 fully saturated rings. The Hall–Kier alpha value is -3.11. The number of benzene rings is 3. The van der Waals surface area contributed by atoms with Crippen LogP contribution in [0.3, 0.4) is 0 Å². The predicted molar refractivity (Wildman–Crippen MR) is 123 cm³/mol. The van der Waals surface area contributed by atoms with Gasteiger partial charge in [-0.2, -0.15) is 0 Å². The molecule has 0 radical (unpaired) electrons. The molecule has 30 heavy (non-hydrogen) atoms. The van der Waals surface area contributed by atoms with Gasteiger partial charge in [-0.25, -0.2) is 0 Å². The Morgan fingerprint density at radius 3 is 1.97 bits per heavy atom. The summed E-state index contributed by atoms with van der Waals surface area (Å²) in [5, 5.41) is 6.33. The number of hydrogen-bond donors (Lipinski definition) is 2. The van der Waals surface area contributed by atoms with Crippen molar-refractivity contribution >= 4 is 11.6 Å². The summed E-state index contributed by atoms with van der Waals surface area (Å²) in [6, 6.07) is 29.0. The van der Waals surface area contributed by atoms with Gasteiger partial charge in [-0.05, 0) is 55.3 Å². The normalized spacial score (nSPS) is 11.8. The van der Waals surface area contributed by atoms with E-state index in [1.165, 1.54) is 18.1 Å². The van der Waals surface area contributed by atoms with Crippen molar-refractivity contribution in [3.05, 3.63) is 96.1 Å². The molecule has 0 aliphatic carbocycles. The first-order valence-electron chi connectivity index (χ1n) is 10.5. The number of anilines is 1. The quantitative estimate of drug-likeness (QED) is 0.489. The zero-order valence-electron chi connectivity index (χ0n) is 17.7. The first kappa shape index (κ1) is 21.6. The molecule has 0 saturated carbocycles. The van der Waals surface area contributed by atoms with Crippen molar-refractivity contribution < 1.29 is 9.53 Å². The molecule has 3 aromatic carbocycles. The minimum atomic E-state index is -0.0780. The van der Waals surface area contributed by atoms with Crippen LogP contribution in [0.1, 0.15) is 37.3 Å². The number of nitrogens with one attached hydrogen (secondary N) is 2. The molecule has 2 N–H and O–H groups in total. The number of hydrogen-bond acceptors (Lipinski definition) is 3. The summed E-state index contributed by atoms with van der Waals surface area (Å²) in [5.74, 6) is 1.09. The van der Waals surface area contributed by atoms with E-state index in [9.17, 15) is 4.79 Å². The van der Waals surface area contributed by atoms with E-state index in [2.05, 4.69) is 78.2 Å². The van der Waals surface area contributed by atoms with Gasteiger partial charge in [-0.3, -0.25) is 4.79 Å². The fraction of sp³-hybridized carbons (Fsp3) is 0.269. The van der Waals surface area contributed by atoms with Gasteiger partial charge in [0.25, 0.3) is 0 Å². The number of carbonyl (C=O) groups excluding carboxylic acids is 1. The third-order valence-electron chi connectivity index (χ3n) is 5.00. The SMILES string of the molecule is CC(=O)Nc1ccc(OC[C@H](C)NCCC(c2ccccc2)c2ccccc2)cc1. The molecule has 0 bridgehead atoms. The van der Waals surface area contributed by atoms with Gasteiger partial charge in [-0.1, -0.05) is 60.7 Å². The molecule has 0 aliphatic rings. The first-order valence-corrected chi connectivity index (χ1v) is 10.5. The highest BCUT2D eigenvalue weighted by molar-refractivity contribution is 5.88. The Balaban J connectivity index is 1.48. The molecule has 1 amide bonds. The number of ether oxygens (including phenoxy) is 1. The largest absolute Gasteiger partial charge is 0.492 e. The van der Waals surface area contributed by atoms with Crippen LogP contribution in [-0.2, 0) is 4.79 Å². The molecule has 3 rings (SSSR count). The van der Waals surface area contributed by atoms with Gasteiger partial charge in [0.2, 0.25) is 5.91 Å². The van der Waals surface area contributed by atoms with Crippen molar-refractivity contribution in [1.82, 2.24) is 5.32 Å². The molecule has 4 heteroatoms. The predicted octanol–water partition coefficient (Wildman–Crippen LogP) is 5.22. The minimum Gasteiger partial charge on any atom is -0.492 e. The van der Waals surface area contributed by atoms with Crippen LogP contribution in [0.4, 0.5) is 5.69 Å². The van der Waals surface area contributed by atoms with Gasteiger partial charge in [-0.15, -0.1) is 0 Å². The van der Waals surface area contributed by atoms with Crippen LogP contribution in [0.5, 0.6) is 5.75 Å². The Morgan fingerprint density at radius 2 is 1.43 bits per heavy atom. The van der Waals surface area contributed by atoms with Gasteiger partial charge in [0, 0.05) is 24.6 Å². The topological polar surface area (TPSA) is 50.4 Å². The maximum Gasteiger partial charge on any atom is 0.221 e. The molecule has 156 valence electrons. The average Bonchev–Trinajstić information content (AvgIpc) is 2.77. The summed E-state index contributed by atoms with van der Waals surface area (Å²) >= 11 is 0. The zero-order chi connectivity index (χ0) is 21.2. The molecule has 0 spiro atoms. The van der Waals surface area contributed by atoms with Gasteiger partial charge >= 0.3 is 0 Å². The molecule has 0 aromatic heterocycles. The summed E-state index contributed by atoms with van der Waals surface area (Å²) < 4.78 is 5.88. The molecule has 0 unspecified atom stereocenters. The Labute approximate surface area is 179 Å². The lowest BCUT2D eigenvalue weighted by Crippen LogP contribution is -2.33. The fourth-order valence-electron chi connectivity index (χ4n) is 3.49. The van der Waals surface area contributed by atoms with Crippen molar-refractivity contribution in [2.45, 2.75) is 32.2 Å². The van der Waals surface area contributed by atoms with E-state index in [-0.39, 0.29) is 11.9 Å². The van der Waals surface area contributed by atoms with E-state index in [4.69, 9.17) is 4.74 Å². The smallest absolute Gasteiger partial charge is 0.221 e. The van der Waals surface area contributed by atoms with Crippen LogP contribution < -0.4 is 15.4 Å². The minimum absolute atomic E-state index is 0.0780. The van der Waals surface area contributed by atoms with E-state index in [1.807, 2.05) is 24.3 Å². The van der Waals surface area contributed by atoms with Crippen molar-refractivity contribution in [1.29, 1.82) is 0 Å². The van der Waals surface area contributed by atoms with Gasteiger partial charge in [0.1, 0.15) is 12.4 Å². The fourth-order valence-corrected chi connectivity index (χ4v) is 3.49. The monoisotopic (exact) mass is 402 g/mol. The van der Waals surface area contributed by atoms with Gasteiger partial charge in [0.05, 0.1) is 0 Å². The van der Waals surface area contributed by atoms with E-state index < -0.39 is 0 Å². The highest BCUT2D eigenvalue weighted by atomic mass is 16.5. The number of rotatable bonds is 10. The average molecular weight is 403 g/mol. The summed E-state index contributed by atoms with van der Waals surface area (Å²) in [6.07, 6.45) is 1.02. The van der Waals surface area contributed by atoms with E-state index in [0.29, 0.717) is 12.5 Å². The molecule has 3 aromatic rings. The number of amides is 1. The second-order valence-corrected chi connectivity index (χ2v) is 7.53. The lowest BCUT2D eigenvalue weighted by molar-refractivity contribution is -0.114.